The fourth-order valence-electron chi connectivity index (χ4n) is 7.75. The van der Waals surface area contributed by atoms with E-state index in [-0.39, 0.29) is 6.85 Å². The Kier molecular flexibility index (Phi) is 4.03. The predicted octanol–water partition coefficient (Wildman–Crippen LogP) is 8.33. The molecule has 0 saturated heterocycles. The highest BCUT2D eigenvalue weighted by molar-refractivity contribution is 6.94. The van der Waals surface area contributed by atoms with Crippen LogP contribution in [0.4, 0.5) is 11.4 Å². The van der Waals surface area contributed by atoms with Crippen LogP contribution in [-0.4, -0.2) is 11.4 Å². The Hall–Kier alpha value is -5.28. The van der Waals surface area contributed by atoms with Crippen molar-refractivity contribution in [2.24, 2.45) is 0 Å². The summed E-state index contributed by atoms with van der Waals surface area (Å²) in [6.07, 6.45) is 0. The van der Waals surface area contributed by atoms with Crippen LogP contribution in [0.3, 0.4) is 0 Å². The average Bonchev–Trinajstić information content (AvgIpc) is 3.38. The molecule has 8 aromatic rings. The van der Waals surface area contributed by atoms with Crippen molar-refractivity contribution in [1.82, 2.24) is 4.57 Å². The van der Waals surface area contributed by atoms with Crippen LogP contribution in [0.25, 0.3) is 60.2 Å². The summed E-state index contributed by atoms with van der Waals surface area (Å²) in [6.45, 7) is 0.0526. The van der Waals surface area contributed by atoms with Crippen LogP contribution >= 0.6 is 0 Å². The molecule has 0 radical (unpaired) electrons. The lowest BCUT2D eigenvalue weighted by Gasteiger charge is -2.42. The van der Waals surface area contributed by atoms with Crippen LogP contribution in [0.5, 0.6) is 0 Å². The van der Waals surface area contributed by atoms with E-state index in [1.54, 1.807) is 0 Å². The van der Waals surface area contributed by atoms with Gasteiger partial charge in [-0.1, -0.05) is 103 Å². The lowest BCUT2D eigenvalue weighted by molar-refractivity contribution is 1.18. The van der Waals surface area contributed by atoms with Crippen molar-refractivity contribution in [2.45, 2.75) is 0 Å². The molecule has 2 aliphatic heterocycles. The van der Waals surface area contributed by atoms with Gasteiger partial charge in [-0.25, -0.2) is 0 Å². The molecule has 2 nitrogen and oxygen atoms in total. The molecular formula is C38H23BN2. The number of rotatable bonds is 1. The van der Waals surface area contributed by atoms with Crippen molar-refractivity contribution in [3.8, 4) is 16.8 Å². The van der Waals surface area contributed by atoms with E-state index in [0.29, 0.717) is 0 Å². The van der Waals surface area contributed by atoms with Gasteiger partial charge < -0.3 is 9.38 Å². The lowest BCUT2D eigenvalue weighted by Crippen LogP contribution is -2.60. The molecule has 0 unspecified atom stereocenters. The third-order valence-electron chi connectivity index (χ3n) is 9.30. The molecule has 0 spiro atoms. The molecule has 0 atom stereocenters. The summed E-state index contributed by atoms with van der Waals surface area (Å²) in [5.74, 6) is 0. The second-order valence-electron chi connectivity index (χ2n) is 11.3. The van der Waals surface area contributed by atoms with Crippen LogP contribution in [0.2, 0.25) is 0 Å². The van der Waals surface area contributed by atoms with Crippen molar-refractivity contribution < 1.29 is 0 Å². The molecule has 7 aromatic carbocycles. The van der Waals surface area contributed by atoms with Gasteiger partial charge in [-0.2, -0.15) is 0 Å². The van der Waals surface area contributed by atoms with Gasteiger partial charge in [0.1, 0.15) is 0 Å². The van der Waals surface area contributed by atoms with Gasteiger partial charge in [0, 0.05) is 33.4 Å². The topological polar surface area (TPSA) is 8.17 Å². The number of aromatic nitrogens is 1. The zero-order chi connectivity index (χ0) is 26.7. The number of para-hydroxylation sites is 3. The van der Waals surface area contributed by atoms with Gasteiger partial charge in [0.2, 0.25) is 0 Å². The Morgan fingerprint density at radius 3 is 2.02 bits per heavy atom. The Bertz CT molecular complexity index is 2380. The van der Waals surface area contributed by atoms with E-state index in [1.165, 1.54) is 82.5 Å². The second-order valence-corrected chi connectivity index (χ2v) is 11.3. The maximum atomic E-state index is 2.57. The van der Waals surface area contributed by atoms with Crippen LogP contribution < -0.4 is 15.7 Å². The third kappa shape index (κ3) is 2.64. The Balaban J connectivity index is 1.52. The van der Waals surface area contributed by atoms with E-state index in [1.807, 2.05) is 0 Å². The van der Waals surface area contributed by atoms with Gasteiger partial charge in [-0.3, -0.25) is 0 Å². The minimum atomic E-state index is 0.0526. The molecule has 3 heteroatoms. The zero-order valence-corrected chi connectivity index (χ0v) is 22.3. The summed E-state index contributed by atoms with van der Waals surface area (Å²) in [5.41, 5.74) is 11.7. The summed E-state index contributed by atoms with van der Waals surface area (Å²) in [6, 6.07) is 51.5. The average molecular weight is 518 g/mol. The van der Waals surface area contributed by atoms with E-state index in [0.717, 1.165) is 0 Å². The molecule has 41 heavy (non-hydrogen) atoms. The van der Waals surface area contributed by atoms with Crippen LogP contribution in [0.1, 0.15) is 0 Å². The Morgan fingerprint density at radius 1 is 0.512 bits per heavy atom. The van der Waals surface area contributed by atoms with Gasteiger partial charge in [0.15, 0.2) is 0 Å². The molecule has 2 aliphatic rings. The van der Waals surface area contributed by atoms with E-state index >= 15 is 0 Å². The van der Waals surface area contributed by atoms with E-state index < -0.39 is 0 Å². The van der Waals surface area contributed by atoms with Gasteiger partial charge in [0.05, 0.1) is 11.0 Å². The minimum Gasteiger partial charge on any atom is -0.376 e. The first kappa shape index (κ1) is 21.5. The highest BCUT2D eigenvalue weighted by Crippen LogP contribution is 2.48. The molecular weight excluding hydrogens is 495 g/mol. The summed E-state index contributed by atoms with van der Waals surface area (Å²) in [7, 11) is 0. The molecule has 1 aromatic heterocycles. The third-order valence-corrected chi connectivity index (χ3v) is 9.30. The van der Waals surface area contributed by atoms with Crippen LogP contribution in [-0.2, 0) is 0 Å². The molecule has 0 fully saturated rings. The molecule has 0 N–H and O–H groups in total. The minimum absolute atomic E-state index is 0.0526. The molecule has 188 valence electrons. The maximum Gasteiger partial charge on any atom is 0.333 e. The Morgan fingerprint density at radius 2 is 1.17 bits per heavy atom. The maximum absolute atomic E-state index is 2.57. The Labute approximate surface area is 237 Å². The predicted molar refractivity (Wildman–Crippen MR) is 175 cm³/mol. The molecule has 0 saturated carbocycles. The molecule has 0 amide bonds. The normalized spacial score (nSPS) is 13.3. The monoisotopic (exact) mass is 518 g/mol. The first-order valence-corrected chi connectivity index (χ1v) is 14.3. The fourth-order valence-corrected chi connectivity index (χ4v) is 7.75. The number of hydrogen-bond acceptors (Lipinski definition) is 1. The molecule has 3 heterocycles. The van der Waals surface area contributed by atoms with Crippen molar-refractivity contribution in [1.29, 1.82) is 0 Å². The number of hydrogen-bond donors (Lipinski definition) is 0. The van der Waals surface area contributed by atoms with E-state index in [9.17, 15) is 0 Å². The summed E-state index contributed by atoms with van der Waals surface area (Å²) in [5, 5.41) is 7.87. The van der Waals surface area contributed by atoms with Gasteiger partial charge >= 0.3 is 6.85 Å². The largest absolute Gasteiger partial charge is 0.376 e. The molecule has 0 bridgehead atoms. The highest BCUT2D eigenvalue weighted by Gasteiger charge is 2.44. The summed E-state index contributed by atoms with van der Waals surface area (Å²) in [4.78, 5) is 2.57. The number of anilines is 2. The van der Waals surface area contributed by atoms with Crippen LogP contribution in [0.15, 0.2) is 140 Å². The van der Waals surface area contributed by atoms with E-state index in [2.05, 4.69) is 149 Å². The fraction of sp³-hybridized carbons (Fsp3) is 0. The van der Waals surface area contributed by atoms with Gasteiger partial charge in [-0.05, 0) is 74.4 Å². The number of benzene rings is 7. The zero-order valence-electron chi connectivity index (χ0n) is 22.3. The standard InChI is InChI=1S/C38H23BN2/c1-2-14-26(15-3-1)41-32-20-10-8-18-29(32)35-27-16-6-7-17-28(27)36-30-22-24-12-4-5-13-25(24)23-34(30)40-33-21-11-9-19-31(33)39(41)37(35)38(36)40/h1-23H. The number of nitrogens with zero attached hydrogens (tertiary/aromatic N) is 2. The van der Waals surface area contributed by atoms with Crippen molar-refractivity contribution in [3.63, 3.8) is 0 Å². The first-order valence-electron chi connectivity index (χ1n) is 14.3. The highest BCUT2D eigenvalue weighted by atomic mass is 15.1. The number of fused-ring (bicyclic) bond motifs is 12. The smallest absolute Gasteiger partial charge is 0.333 e. The van der Waals surface area contributed by atoms with Gasteiger partial charge in [0.25, 0.3) is 0 Å². The summed E-state index contributed by atoms with van der Waals surface area (Å²) >= 11 is 0. The van der Waals surface area contributed by atoms with Crippen molar-refractivity contribution in [2.75, 3.05) is 4.81 Å². The molecule has 0 aliphatic carbocycles. The molecule has 10 rings (SSSR count). The summed E-state index contributed by atoms with van der Waals surface area (Å²) < 4.78 is 2.56. The van der Waals surface area contributed by atoms with Crippen LogP contribution in [0, 0.1) is 0 Å². The second kappa shape index (κ2) is 7.68. The van der Waals surface area contributed by atoms with Gasteiger partial charge in [-0.15, -0.1) is 0 Å². The van der Waals surface area contributed by atoms with E-state index in [4.69, 9.17) is 0 Å². The lowest BCUT2D eigenvalue weighted by atomic mass is 9.43. The van der Waals surface area contributed by atoms with Crippen molar-refractivity contribution >= 4 is 72.5 Å². The van der Waals surface area contributed by atoms with Crippen molar-refractivity contribution in [3.05, 3.63) is 140 Å². The quantitative estimate of drug-likeness (QED) is 0.198. The SMILES string of the molecule is c1ccc(N2B3c4ccccc4-n4c5cc6ccccc6cc5c5c6ccccc6c(c3c54)-c3ccccc32)cc1. The first-order chi connectivity index (χ1) is 20.4.